The predicted molar refractivity (Wildman–Crippen MR) is 75.8 cm³/mol. The fourth-order valence-corrected chi connectivity index (χ4v) is 3.08. The van der Waals surface area contributed by atoms with Crippen LogP contribution in [0.5, 0.6) is 0 Å². The summed E-state index contributed by atoms with van der Waals surface area (Å²) in [6.07, 6.45) is 3.13. The lowest BCUT2D eigenvalue weighted by Gasteiger charge is -2.35. The van der Waals surface area contributed by atoms with Crippen molar-refractivity contribution in [2.75, 3.05) is 13.1 Å². The zero-order valence-electron chi connectivity index (χ0n) is 11.6. The summed E-state index contributed by atoms with van der Waals surface area (Å²) in [4.78, 5) is 14.6. The van der Waals surface area contributed by atoms with Gasteiger partial charge in [0.15, 0.2) is 0 Å². The predicted octanol–water partition coefficient (Wildman–Crippen LogP) is 1.96. The third kappa shape index (κ3) is 2.66. The van der Waals surface area contributed by atoms with Crippen LogP contribution in [0.2, 0.25) is 0 Å². The van der Waals surface area contributed by atoms with Crippen molar-refractivity contribution in [3.8, 4) is 0 Å². The minimum atomic E-state index is -0.0247. The number of nitrogens with zero attached hydrogens (tertiary/aromatic N) is 1. The van der Waals surface area contributed by atoms with Crippen LogP contribution in [0.3, 0.4) is 0 Å². The summed E-state index contributed by atoms with van der Waals surface area (Å²) in [6, 6.07) is 8.40. The maximum atomic E-state index is 12.5. The van der Waals surface area contributed by atoms with Crippen LogP contribution in [-0.2, 0) is 17.8 Å². The molecule has 2 heterocycles. The van der Waals surface area contributed by atoms with E-state index in [0.717, 1.165) is 44.8 Å². The van der Waals surface area contributed by atoms with E-state index in [9.17, 15) is 4.79 Å². The largest absolute Gasteiger partial charge is 0.341 e. The van der Waals surface area contributed by atoms with Crippen molar-refractivity contribution in [3.63, 3.8) is 0 Å². The number of hydrogen-bond acceptors (Lipinski definition) is 2. The molecule has 102 valence electrons. The van der Waals surface area contributed by atoms with Gasteiger partial charge in [0, 0.05) is 19.6 Å². The SMILES string of the molecule is CC1CCN(C(=O)[C@H]2Cc3ccccc3CN2)CC1. The molecule has 1 saturated heterocycles. The van der Waals surface area contributed by atoms with Crippen LogP contribution in [0, 0.1) is 5.92 Å². The van der Waals surface area contributed by atoms with Crippen LogP contribution >= 0.6 is 0 Å². The second-order valence-electron chi connectivity index (χ2n) is 5.91. The zero-order chi connectivity index (χ0) is 13.2. The molecule has 3 nitrogen and oxygen atoms in total. The number of likely N-dealkylation sites (tertiary alicyclic amines) is 1. The van der Waals surface area contributed by atoms with Gasteiger partial charge in [0.05, 0.1) is 6.04 Å². The maximum Gasteiger partial charge on any atom is 0.240 e. The summed E-state index contributed by atoms with van der Waals surface area (Å²) < 4.78 is 0. The highest BCUT2D eigenvalue weighted by molar-refractivity contribution is 5.82. The van der Waals surface area contributed by atoms with E-state index in [0.29, 0.717) is 5.91 Å². The fourth-order valence-electron chi connectivity index (χ4n) is 3.08. The van der Waals surface area contributed by atoms with Crippen molar-refractivity contribution in [2.24, 2.45) is 5.92 Å². The molecule has 1 atom stereocenters. The van der Waals surface area contributed by atoms with Gasteiger partial charge in [0.1, 0.15) is 0 Å². The van der Waals surface area contributed by atoms with Gasteiger partial charge in [-0.05, 0) is 36.3 Å². The number of nitrogens with one attached hydrogen (secondary N) is 1. The monoisotopic (exact) mass is 258 g/mol. The van der Waals surface area contributed by atoms with Crippen molar-refractivity contribution in [1.29, 1.82) is 0 Å². The van der Waals surface area contributed by atoms with E-state index < -0.39 is 0 Å². The molecule has 0 aromatic heterocycles. The first-order valence-corrected chi connectivity index (χ1v) is 7.33. The number of carbonyl (C=O) groups is 1. The molecule has 19 heavy (non-hydrogen) atoms. The summed E-state index contributed by atoms with van der Waals surface area (Å²) in [6.45, 7) is 4.95. The lowest BCUT2D eigenvalue weighted by atomic mass is 9.93. The molecule has 3 heteroatoms. The molecule has 1 aromatic rings. The average Bonchev–Trinajstić information content (AvgIpc) is 2.47. The summed E-state index contributed by atoms with van der Waals surface area (Å²) in [5.74, 6) is 1.06. The van der Waals surface area contributed by atoms with Gasteiger partial charge in [-0.15, -0.1) is 0 Å². The van der Waals surface area contributed by atoms with E-state index in [4.69, 9.17) is 0 Å². The standard InChI is InChI=1S/C16H22N2O/c1-12-6-8-18(9-7-12)16(19)15-10-13-4-2-3-5-14(13)11-17-15/h2-5,12,15,17H,6-11H2,1H3/t15-/m1/s1. The van der Waals surface area contributed by atoms with E-state index in [1.165, 1.54) is 11.1 Å². The Bertz CT molecular complexity index is 464. The van der Waals surface area contributed by atoms with Crippen molar-refractivity contribution in [3.05, 3.63) is 35.4 Å². The number of benzene rings is 1. The van der Waals surface area contributed by atoms with Crippen molar-refractivity contribution < 1.29 is 4.79 Å². The van der Waals surface area contributed by atoms with E-state index >= 15 is 0 Å². The maximum absolute atomic E-state index is 12.5. The Morgan fingerprint density at radius 1 is 1.21 bits per heavy atom. The first kappa shape index (κ1) is 12.7. The highest BCUT2D eigenvalue weighted by Crippen LogP contribution is 2.20. The number of hydrogen-bond donors (Lipinski definition) is 1. The molecule has 0 aliphatic carbocycles. The van der Waals surface area contributed by atoms with Gasteiger partial charge in [-0.3, -0.25) is 4.79 Å². The van der Waals surface area contributed by atoms with Crippen molar-refractivity contribution in [2.45, 2.75) is 38.8 Å². The first-order valence-electron chi connectivity index (χ1n) is 7.33. The molecule has 0 saturated carbocycles. The van der Waals surface area contributed by atoms with Crippen LogP contribution in [0.1, 0.15) is 30.9 Å². The molecule has 0 spiro atoms. The Kier molecular flexibility index (Phi) is 3.56. The molecule has 0 bridgehead atoms. The summed E-state index contributed by atoms with van der Waals surface area (Å²) in [5, 5.41) is 3.39. The summed E-state index contributed by atoms with van der Waals surface area (Å²) >= 11 is 0. The number of rotatable bonds is 1. The molecular formula is C16H22N2O. The van der Waals surface area contributed by atoms with Crippen molar-refractivity contribution in [1.82, 2.24) is 10.2 Å². The second-order valence-corrected chi connectivity index (χ2v) is 5.91. The van der Waals surface area contributed by atoms with Crippen LogP contribution in [0.15, 0.2) is 24.3 Å². The van der Waals surface area contributed by atoms with Gasteiger partial charge < -0.3 is 10.2 Å². The van der Waals surface area contributed by atoms with Crippen LogP contribution in [0.25, 0.3) is 0 Å². The Hall–Kier alpha value is -1.35. The first-order chi connectivity index (χ1) is 9.24. The fraction of sp³-hybridized carbons (Fsp3) is 0.562. The van der Waals surface area contributed by atoms with Crippen molar-refractivity contribution >= 4 is 5.91 Å². The molecule has 2 aliphatic heterocycles. The summed E-state index contributed by atoms with van der Waals surface area (Å²) in [7, 11) is 0. The van der Waals surface area contributed by atoms with E-state index in [1.54, 1.807) is 0 Å². The number of fused-ring (bicyclic) bond motifs is 1. The number of amides is 1. The number of carbonyl (C=O) groups excluding carboxylic acids is 1. The lowest BCUT2D eigenvalue weighted by molar-refractivity contribution is -0.135. The van der Waals surface area contributed by atoms with E-state index in [2.05, 4.69) is 36.5 Å². The summed E-state index contributed by atoms with van der Waals surface area (Å²) in [5.41, 5.74) is 2.66. The van der Waals surface area contributed by atoms with Gasteiger partial charge in [0.25, 0.3) is 0 Å². The Labute approximate surface area is 115 Å². The Morgan fingerprint density at radius 3 is 2.63 bits per heavy atom. The number of piperidine rings is 1. The molecular weight excluding hydrogens is 236 g/mol. The minimum Gasteiger partial charge on any atom is -0.341 e. The van der Waals surface area contributed by atoms with E-state index in [1.807, 2.05) is 4.90 Å². The molecule has 3 rings (SSSR count). The Morgan fingerprint density at radius 2 is 1.89 bits per heavy atom. The third-order valence-electron chi connectivity index (χ3n) is 4.47. The molecule has 2 aliphatic rings. The molecule has 1 amide bonds. The topological polar surface area (TPSA) is 32.3 Å². The van der Waals surface area contributed by atoms with E-state index in [-0.39, 0.29) is 6.04 Å². The van der Waals surface area contributed by atoms with Gasteiger partial charge in [-0.2, -0.15) is 0 Å². The third-order valence-corrected chi connectivity index (χ3v) is 4.47. The molecule has 1 aromatic carbocycles. The smallest absolute Gasteiger partial charge is 0.240 e. The minimum absolute atomic E-state index is 0.0247. The van der Waals surface area contributed by atoms with Crippen LogP contribution < -0.4 is 5.32 Å². The molecule has 0 radical (unpaired) electrons. The highest BCUT2D eigenvalue weighted by Gasteiger charge is 2.29. The lowest BCUT2D eigenvalue weighted by Crippen LogP contribution is -2.51. The van der Waals surface area contributed by atoms with Gasteiger partial charge in [-0.1, -0.05) is 31.2 Å². The van der Waals surface area contributed by atoms with Crippen LogP contribution in [-0.4, -0.2) is 29.9 Å². The quantitative estimate of drug-likeness (QED) is 0.835. The van der Waals surface area contributed by atoms with Gasteiger partial charge >= 0.3 is 0 Å². The highest BCUT2D eigenvalue weighted by atomic mass is 16.2. The molecule has 1 fully saturated rings. The van der Waals surface area contributed by atoms with Gasteiger partial charge in [-0.25, -0.2) is 0 Å². The average molecular weight is 258 g/mol. The molecule has 0 unspecified atom stereocenters. The second kappa shape index (κ2) is 5.33. The van der Waals surface area contributed by atoms with Crippen LogP contribution in [0.4, 0.5) is 0 Å². The van der Waals surface area contributed by atoms with Gasteiger partial charge in [0.2, 0.25) is 5.91 Å². The molecule has 1 N–H and O–H groups in total. The Balaban J connectivity index is 1.66. The zero-order valence-corrected chi connectivity index (χ0v) is 11.6. The normalized spacial score (nSPS) is 24.1.